The molecule has 2 aromatic rings. The number of carbonyl (C=O) groups is 4. The summed E-state index contributed by atoms with van der Waals surface area (Å²) in [5.41, 5.74) is -0.727. The minimum absolute atomic E-state index is 0.0454. The second kappa shape index (κ2) is 20.8. The lowest BCUT2D eigenvalue weighted by molar-refractivity contribution is -0.138. The maximum Gasteiger partial charge on any atom is 0.351 e. The monoisotopic (exact) mass is 954 g/mol. The van der Waals surface area contributed by atoms with Gasteiger partial charge in [-0.2, -0.15) is 13.8 Å². The Morgan fingerprint density at radius 2 is 1.44 bits per heavy atom. The minimum Gasteiger partial charge on any atom is -0.414 e. The molecular formula is C41H64F2N8O10SSi2. The van der Waals surface area contributed by atoms with E-state index in [9.17, 15) is 32.4 Å². The van der Waals surface area contributed by atoms with E-state index in [0.717, 1.165) is 18.5 Å². The fourth-order valence-electron chi connectivity index (χ4n) is 5.41. The van der Waals surface area contributed by atoms with Crippen LogP contribution in [0.4, 0.5) is 14.6 Å². The van der Waals surface area contributed by atoms with Crippen LogP contribution >= 0.6 is 0 Å². The van der Waals surface area contributed by atoms with E-state index in [4.69, 9.17) is 13.6 Å². The van der Waals surface area contributed by atoms with Crippen molar-refractivity contribution in [2.24, 2.45) is 0 Å². The number of amides is 4. The molecule has 23 heteroatoms. The highest BCUT2D eigenvalue weighted by atomic mass is 32.2. The molecule has 6 atom stereocenters. The first-order valence-corrected chi connectivity index (χ1v) is 28.5. The van der Waals surface area contributed by atoms with E-state index in [0.29, 0.717) is 23.0 Å². The summed E-state index contributed by atoms with van der Waals surface area (Å²) in [6.45, 7) is 23.6. The van der Waals surface area contributed by atoms with Gasteiger partial charge in [0.15, 0.2) is 16.6 Å². The number of halogens is 2. The van der Waals surface area contributed by atoms with Crippen LogP contribution in [-0.4, -0.2) is 117 Å². The average molecular weight is 955 g/mol. The van der Waals surface area contributed by atoms with Crippen LogP contribution in [0.15, 0.2) is 34.6 Å². The number of hydrogen-bond donors (Lipinski definition) is 4. The maximum atomic E-state index is 16.5. The third-order valence-electron chi connectivity index (χ3n) is 11.5. The summed E-state index contributed by atoms with van der Waals surface area (Å²) in [5, 5.41) is 8.91. The zero-order valence-corrected chi connectivity index (χ0v) is 42.0. The first kappa shape index (κ1) is 53.9. The Balaban J connectivity index is 1.56. The topological polar surface area (TPSA) is 239 Å². The van der Waals surface area contributed by atoms with Crippen LogP contribution in [-0.2, 0) is 42.6 Å². The molecule has 18 nitrogen and oxygen atoms in total. The van der Waals surface area contributed by atoms with Gasteiger partial charge in [-0.1, -0.05) is 53.4 Å². The van der Waals surface area contributed by atoms with Gasteiger partial charge in [0.05, 0.1) is 12.2 Å². The predicted octanol–water partition coefficient (Wildman–Crippen LogP) is 4.06. The molecule has 0 bridgehead atoms. The molecule has 356 valence electrons. The van der Waals surface area contributed by atoms with Gasteiger partial charge in [0.2, 0.25) is 44.9 Å². The summed E-state index contributed by atoms with van der Waals surface area (Å²) >= 11 is 0. The molecule has 0 saturated carbocycles. The van der Waals surface area contributed by atoms with Gasteiger partial charge in [-0.3, -0.25) is 23.7 Å². The number of anilines is 1. The van der Waals surface area contributed by atoms with Crippen molar-refractivity contribution in [3.63, 3.8) is 0 Å². The van der Waals surface area contributed by atoms with Crippen LogP contribution in [0.25, 0.3) is 0 Å². The highest BCUT2D eigenvalue weighted by Crippen LogP contribution is 2.48. The molecule has 1 saturated heterocycles. The van der Waals surface area contributed by atoms with E-state index < -0.39 is 103 Å². The van der Waals surface area contributed by atoms with Crippen molar-refractivity contribution in [1.29, 1.82) is 0 Å². The molecule has 1 aliphatic heterocycles. The molecule has 64 heavy (non-hydrogen) atoms. The number of nitrogens with one attached hydrogen (secondary N) is 4. The molecule has 3 heterocycles. The van der Waals surface area contributed by atoms with Crippen molar-refractivity contribution in [3.05, 3.63) is 40.7 Å². The lowest BCUT2D eigenvalue weighted by Gasteiger charge is -2.41. The van der Waals surface area contributed by atoms with Gasteiger partial charge in [-0.25, -0.2) is 23.2 Å². The third-order valence-corrected chi connectivity index (χ3v) is 21.3. The van der Waals surface area contributed by atoms with Crippen LogP contribution in [0.1, 0.15) is 93.4 Å². The Morgan fingerprint density at radius 3 is 1.95 bits per heavy atom. The first-order valence-electron chi connectivity index (χ1n) is 20.8. The highest BCUT2D eigenvalue weighted by molar-refractivity contribution is 7.90. The number of nitrogens with zero attached hydrogens (tertiary/aromatic N) is 4. The van der Waals surface area contributed by atoms with Crippen LogP contribution in [0.3, 0.4) is 0 Å². The number of rotatable bonds is 17. The van der Waals surface area contributed by atoms with Crippen LogP contribution in [0.2, 0.25) is 36.3 Å². The second-order valence-corrected chi connectivity index (χ2v) is 30.5. The standard InChI is InChI=1S/C41H64F2N8O10SSi2/c1-25(46-31(52)19-17-15-16-18-28-22-44-37(45-23-28)62(10,57)58)33(53)47-26(2)34(54)48-27(3)35(55)49-30-20-21-51(38(56)50-30)36-41(42,43)32(61-64(13,14)40(7,8)9)29(60-36)24-59-63(11,12)39(4,5)6/h20-23,25-27,29,32,36H,15,17,19,24H2,1-14H3,(H,46,52)(H,47,53)(H,48,54)(H,49,50,55,56)/t25-,26-,27-,29+,32+,36+/m0/s1. The van der Waals surface area contributed by atoms with E-state index in [1.54, 1.807) is 0 Å². The number of carbonyl (C=O) groups excluding carboxylic acids is 4. The number of alkyl halides is 2. The van der Waals surface area contributed by atoms with E-state index >= 15 is 8.78 Å². The van der Waals surface area contributed by atoms with Gasteiger partial charge >= 0.3 is 11.6 Å². The zero-order valence-electron chi connectivity index (χ0n) is 39.1. The summed E-state index contributed by atoms with van der Waals surface area (Å²) in [6.07, 6.45) is 0.297. The molecule has 3 rings (SSSR count). The predicted molar refractivity (Wildman–Crippen MR) is 240 cm³/mol. The maximum absolute atomic E-state index is 16.5. The van der Waals surface area contributed by atoms with Crippen molar-refractivity contribution < 1.29 is 50.0 Å². The summed E-state index contributed by atoms with van der Waals surface area (Å²) in [5.74, 6) is -0.975. The largest absolute Gasteiger partial charge is 0.414 e. The fourth-order valence-corrected chi connectivity index (χ4v) is 8.21. The van der Waals surface area contributed by atoms with Crippen molar-refractivity contribution in [2.75, 3.05) is 18.2 Å². The fraction of sp³-hybridized carbons (Fsp3) is 0.659. The molecule has 4 amide bonds. The lowest BCUT2D eigenvalue weighted by atomic mass is 10.1. The van der Waals surface area contributed by atoms with Gasteiger partial charge < -0.3 is 34.9 Å². The Labute approximate surface area is 376 Å². The Morgan fingerprint density at radius 1 is 0.906 bits per heavy atom. The molecule has 0 radical (unpaired) electrons. The molecule has 1 fully saturated rings. The van der Waals surface area contributed by atoms with Gasteiger partial charge in [-0.05, 0) is 69.5 Å². The number of aromatic nitrogens is 4. The smallest absolute Gasteiger partial charge is 0.351 e. The van der Waals surface area contributed by atoms with Crippen LogP contribution in [0, 0.1) is 11.8 Å². The normalized spacial score (nSPS) is 19.3. The number of hydrogen-bond acceptors (Lipinski definition) is 13. The second-order valence-electron chi connectivity index (χ2n) is 19.0. The van der Waals surface area contributed by atoms with Crippen LogP contribution < -0.4 is 27.0 Å². The average Bonchev–Trinajstić information content (AvgIpc) is 3.40. The van der Waals surface area contributed by atoms with Crippen molar-refractivity contribution in [2.45, 2.75) is 165 Å². The molecule has 2 aromatic heterocycles. The van der Waals surface area contributed by atoms with Crippen molar-refractivity contribution >= 4 is 55.9 Å². The highest BCUT2D eigenvalue weighted by Gasteiger charge is 2.63. The first-order chi connectivity index (χ1) is 29.2. The van der Waals surface area contributed by atoms with E-state index in [2.05, 4.69) is 48.1 Å². The molecule has 0 unspecified atom stereocenters. The van der Waals surface area contributed by atoms with Crippen molar-refractivity contribution in [1.82, 2.24) is 35.5 Å². The summed E-state index contributed by atoms with van der Waals surface area (Å²) in [4.78, 5) is 75.7. The van der Waals surface area contributed by atoms with Gasteiger partial charge in [0.1, 0.15) is 36.2 Å². The van der Waals surface area contributed by atoms with Crippen LogP contribution in [0.5, 0.6) is 0 Å². The third kappa shape index (κ3) is 14.3. The molecular weight excluding hydrogens is 891 g/mol. The SMILES string of the molecule is C[C@H](NC(=O)CCCC#Cc1cnc(S(C)(=O)=O)nc1)C(=O)N[C@@H](C)C(=O)N[C@@H](C)C(=O)Nc1ccn([C@@H]2O[C@H](CO[Si](C)(C)C(C)(C)C)[C@@H](O[Si](C)(C)C(C)(C)C)C2(F)F)c(=O)n1. The van der Waals surface area contributed by atoms with Gasteiger partial charge in [0.25, 0.3) is 0 Å². The Bertz CT molecular complexity index is 2260. The molecule has 0 aliphatic carbocycles. The van der Waals surface area contributed by atoms with Crippen molar-refractivity contribution in [3.8, 4) is 11.8 Å². The molecule has 1 aliphatic rings. The molecule has 4 N–H and O–H groups in total. The van der Waals surface area contributed by atoms with Gasteiger partial charge in [-0.15, -0.1) is 0 Å². The zero-order chi connectivity index (χ0) is 48.8. The van der Waals surface area contributed by atoms with Gasteiger partial charge in [0, 0.05) is 37.7 Å². The van der Waals surface area contributed by atoms with E-state index in [1.807, 2.05) is 67.7 Å². The Kier molecular flexibility index (Phi) is 17.5. The number of sulfone groups is 1. The van der Waals surface area contributed by atoms with E-state index in [-0.39, 0.29) is 29.0 Å². The Hall–Kier alpha value is -4.48. The lowest BCUT2D eigenvalue weighted by Crippen LogP contribution is -2.54. The van der Waals surface area contributed by atoms with E-state index in [1.165, 1.54) is 33.2 Å². The summed E-state index contributed by atoms with van der Waals surface area (Å²) < 4.78 is 75.0. The minimum atomic E-state index is -3.68. The molecule has 0 spiro atoms. The summed E-state index contributed by atoms with van der Waals surface area (Å²) in [6, 6.07) is -2.20. The quantitative estimate of drug-likeness (QED) is 0.0759. The molecule has 0 aromatic carbocycles. The number of ether oxygens (including phenoxy) is 1. The summed E-state index contributed by atoms with van der Waals surface area (Å²) in [7, 11) is -8.73. The number of unbranched alkanes of at least 4 members (excludes halogenated alkanes) is 1.